The topological polar surface area (TPSA) is 62.3 Å². The molecule has 0 spiro atoms. The number of nitrogens with one attached hydrogen (secondary N) is 1. The zero-order chi connectivity index (χ0) is 15.8. The smallest absolute Gasteiger partial charge is 0.251 e. The van der Waals surface area contributed by atoms with Crippen LogP contribution >= 0.6 is 11.8 Å². The molecule has 5 nitrogen and oxygen atoms in total. The maximum atomic E-state index is 12.1. The van der Waals surface area contributed by atoms with Gasteiger partial charge in [0.1, 0.15) is 0 Å². The van der Waals surface area contributed by atoms with E-state index < -0.39 is 0 Å². The second kappa shape index (κ2) is 8.58. The lowest BCUT2D eigenvalue weighted by molar-refractivity contribution is -0.129. The lowest BCUT2D eigenvalue weighted by Gasteiger charge is -2.32. The van der Waals surface area contributed by atoms with Crippen molar-refractivity contribution in [3.63, 3.8) is 0 Å². The van der Waals surface area contributed by atoms with Crippen LogP contribution in [0, 0.1) is 0 Å². The van der Waals surface area contributed by atoms with Crippen LogP contribution in [0.2, 0.25) is 0 Å². The fraction of sp³-hybridized carbons (Fsp3) is 0.438. The molecule has 2 amide bonds. The van der Waals surface area contributed by atoms with Crippen LogP contribution in [0.5, 0.6) is 0 Å². The minimum atomic E-state index is -0.0753. The highest BCUT2D eigenvalue weighted by molar-refractivity contribution is 8.00. The number of likely N-dealkylation sites (tertiary alicyclic amines) is 1. The number of pyridine rings is 1. The third kappa shape index (κ3) is 4.87. The Morgan fingerprint density at radius 2 is 2.05 bits per heavy atom. The van der Waals surface area contributed by atoms with Gasteiger partial charge in [0.15, 0.2) is 0 Å². The van der Waals surface area contributed by atoms with Crippen molar-refractivity contribution in [1.82, 2.24) is 15.2 Å². The lowest BCUT2D eigenvalue weighted by Crippen LogP contribution is -2.47. The van der Waals surface area contributed by atoms with Crippen molar-refractivity contribution in [2.45, 2.75) is 18.9 Å². The summed E-state index contributed by atoms with van der Waals surface area (Å²) < 4.78 is 0. The molecule has 118 valence electrons. The molecular formula is C16H21N3O2S. The standard InChI is InChI=1S/C16H21N3O2S/c1-2-11-22-12-15(20)19-9-5-14(6-10-19)18-16(21)13-3-7-17-8-4-13/h2-4,7-8,14H,1,5-6,9-12H2,(H,18,21). The van der Waals surface area contributed by atoms with Gasteiger partial charge in [0.05, 0.1) is 5.75 Å². The summed E-state index contributed by atoms with van der Waals surface area (Å²) in [6.07, 6.45) is 6.62. The molecule has 0 unspecified atom stereocenters. The second-order valence-corrected chi connectivity index (χ2v) is 6.20. The Kier molecular flexibility index (Phi) is 6.45. The highest BCUT2D eigenvalue weighted by atomic mass is 32.2. The predicted octanol–water partition coefficient (Wildman–Crippen LogP) is 1.72. The minimum absolute atomic E-state index is 0.0753. The van der Waals surface area contributed by atoms with Gasteiger partial charge in [0.2, 0.25) is 5.91 Å². The third-order valence-electron chi connectivity index (χ3n) is 3.59. The normalized spacial score (nSPS) is 15.4. The van der Waals surface area contributed by atoms with Crippen LogP contribution < -0.4 is 5.32 Å². The van der Waals surface area contributed by atoms with E-state index in [0.717, 1.165) is 18.6 Å². The molecule has 1 aliphatic rings. The Hall–Kier alpha value is -1.82. The van der Waals surface area contributed by atoms with Gasteiger partial charge in [-0.1, -0.05) is 6.08 Å². The van der Waals surface area contributed by atoms with Gasteiger partial charge >= 0.3 is 0 Å². The first-order valence-electron chi connectivity index (χ1n) is 7.38. The number of thioether (sulfide) groups is 1. The van der Waals surface area contributed by atoms with E-state index in [-0.39, 0.29) is 17.9 Å². The van der Waals surface area contributed by atoms with Gasteiger partial charge in [-0.2, -0.15) is 0 Å². The van der Waals surface area contributed by atoms with E-state index in [1.807, 2.05) is 4.90 Å². The van der Waals surface area contributed by atoms with E-state index in [1.165, 1.54) is 0 Å². The highest BCUT2D eigenvalue weighted by Crippen LogP contribution is 2.13. The Morgan fingerprint density at radius 3 is 2.68 bits per heavy atom. The molecule has 0 atom stereocenters. The summed E-state index contributed by atoms with van der Waals surface area (Å²) in [5.74, 6) is 1.39. The van der Waals surface area contributed by atoms with Crippen LogP contribution in [0.1, 0.15) is 23.2 Å². The van der Waals surface area contributed by atoms with Crippen LogP contribution in [0.4, 0.5) is 0 Å². The first-order chi connectivity index (χ1) is 10.7. The maximum absolute atomic E-state index is 12.1. The van der Waals surface area contributed by atoms with E-state index >= 15 is 0 Å². The average molecular weight is 319 g/mol. The molecule has 1 N–H and O–H groups in total. The van der Waals surface area contributed by atoms with Gasteiger partial charge in [0.25, 0.3) is 5.91 Å². The molecule has 0 bridgehead atoms. The first kappa shape index (κ1) is 16.5. The summed E-state index contributed by atoms with van der Waals surface area (Å²) in [6.45, 7) is 5.05. The van der Waals surface area contributed by atoms with Crippen LogP contribution in [-0.2, 0) is 4.79 Å². The van der Waals surface area contributed by atoms with Crippen LogP contribution in [-0.4, -0.2) is 52.3 Å². The summed E-state index contributed by atoms with van der Waals surface area (Å²) in [7, 11) is 0. The van der Waals surface area contributed by atoms with Crippen molar-refractivity contribution in [3.05, 3.63) is 42.7 Å². The minimum Gasteiger partial charge on any atom is -0.349 e. The average Bonchev–Trinajstić information content (AvgIpc) is 2.56. The monoisotopic (exact) mass is 319 g/mol. The number of aromatic nitrogens is 1. The summed E-state index contributed by atoms with van der Waals surface area (Å²) in [5.41, 5.74) is 0.620. The number of hydrogen-bond donors (Lipinski definition) is 1. The van der Waals surface area contributed by atoms with Crippen molar-refractivity contribution in [3.8, 4) is 0 Å². The molecule has 2 rings (SSSR count). The van der Waals surface area contributed by atoms with Crippen LogP contribution in [0.15, 0.2) is 37.2 Å². The van der Waals surface area contributed by atoms with Gasteiger partial charge < -0.3 is 10.2 Å². The van der Waals surface area contributed by atoms with Crippen molar-refractivity contribution in [1.29, 1.82) is 0 Å². The SMILES string of the molecule is C=CCSCC(=O)N1CCC(NC(=O)c2ccncc2)CC1. The van der Waals surface area contributed by atoms with E-state index in [4.69, 9.17) is 0 Å². The predicted molar refractivity (Wildman–Crippen MR) is 88.8 cm³/mol. The van der Waals surface area contributed by atoms with Gasteiger partial charge in [0, 0.05) is 42.8 Å². The Bertz CT molecular complexity index is 513. The van der Waals surface area contributed by atoms with E-state index in [9.17, 15) is 9.59 Å². The summed E-state index contributed by atoms with van der Waals surface area (Å²) in [5, 5.41) is 3.02. The fourth-order valence-corrected chi connectivity index (χ4v) is 3.01. The quantitative estimate of drug-likeness (QED) is 0.641. The number of nitrogens with zero attached hydrogens (tertiary/aromatic N) is 2. The van der Waals surface area contributed by atoms with Gasteiger partial charge in [-0.05, 0) is 25.0 Å². The van der Waals surface area contributed by atoms with E-state index in [2.05, 4.69) is 16.9 Å². The molecule has 0 saturated carbocycles. The Balaban J connectivity index is 1.74. The number of piperidine rings is 1. The Morgan fingerprint density at radius 1 is 1.36 bits per heavy atom. The number of amides is 2. The molecule has 1 aliphatic heterocycles. The van der Waals surface area contributed by atoms with E-state index in [0.29, 0.717) is 24.4 Å². The van der Waals surface area contributed by atoms with Gasteiger partial charge in [-0.3, -0.25) is 14.6 Å². The molecular weight excluding hydrogens is 298 g/mol. The molecule has 0 aromatic carbocycles. The van der Waals surface area contributed by atoms with Crippen molar-refractivity contribution >= 4 is 23.6 Å². The van der Waals surface area contributed by atoms with Crippen LogP contribution in [0.3, 0.4) is 0 Å². The molecule has 2 heterocycles. The number of carbonyl (C=O) groups excluding carboxylic acids is 2. The van der Waals surface area contributed by atoms with Crippen molar-refractivity contribution < 1.29 is 9.59 Å². The molecule has 0 aliphatic carbocycles. The molecule has 1 aromatic rings. The van der Waals surface area contributed by atoms with Gasteiger partial charge in [-0.25, -0.2) is 0 Å². The number of rotatable bonds is 6. The molecule has 1 saturated heterocycles. The number of hydrogen-bond acceptors (Lipinski definition) is 4. The second-order valence-electron chi connectivity index (χ2n) is 5.17. The van der Waals surface area contributed by atoms with Crippen molar-refractivity contribution in [2.24, 2.45) is 0 Å². The fourth-order valence-electron chi connectivity index (χ4n) is 2.37. The molecule has 6 heteroatoms. The zero-order valence-corrected chi connectivity index (χ0v) is 13.3. The zero-order valence-electron chi connectivity index (χ0n) is 12.5. The lowest BCUT2D eigenvalue weighted by atomic mass is 10.0. The van der Waals surface area contributed by atoms with Gasteiger partial charge in [-0.15, -0.1) is 18.3 Å². The summed E-state index contributed by atoms with van der Waals surface area (Å²) in [4.78, 5) is 29.9. The third-order valence-corrected chi connectivity index (χ3v) is 4.51. The largest absolute Gasteiger partial charge is 0.349 e. The highest BCUT2D eigenvalue weighted by Gasteiger charge is 2.23. The molecule has 1 aromatic heterocycles. The first-order valence-corrected chi connectivity index (χ1v) is 8.53. The molecule has 1 fully saturated rings. The van der Waals surface area contributed by atoms with Crippen LogP contribution in [0.25, 0.3) is 0 Å². The summed E-state index contributed by atoms with van der Waals surface area (Å²) in [6, 6.07) is 3.53. The Labute approximate surface area is 135 Å². The maximum Gasteiger partial charge on any atom is 0.251 e. The van der Waals surface area contributed by atoms with E-state index in [1.54, 1.807) is 42.4 Å². The number of carbonyl (C=O) groups is 2. The summed E-state index contributed by atoms with van der Waals surface area (Å²) >= 11 is 1.58. The van der Waals surface area contributed by atoms with Crippen molar-refractivity contribution in [2.75, 3.05) is 24.6 Å². The molecule has 0 radical (unpaired) electrons. The molecule has 22 heavy (non-hydrogen) atoms.